The van der Waals surface area contributed by atoms with E-state index in [1.807, 2.05) is 47.7 Å². The largest absolute Gasteiger partial charge is 0.491 e. The predicted molar refractivity (Wildman–Crippen MR) is 138 cm³/mol. The smallest absolute Gasteiger partial charge is 0.246 e. The standard InChI is InChI=1S/C26H35N7O2/c1-4-22(34)32-15-13-31(14-16-32)11-6-5-7-12-33-26-23(25(27)28-18-29-26)24(30-33)20-9-8-10-21(17-20)35-19(2)3/h4,8-10,17-19H,1,5-7,11-16H2,2-3H3,(H2,27,28,29). The number of piperazine rings is 1. The van der Waals surface area contributed by atoms with Crippen LogP contribution in [0.4, 0.5) is 5.82 Å². The molecule has 9 heteroatoms. The zero-order chi connectivity index (χ0) is 24.8. The van der Waals surface area contributed by atoms with E-state index < -0.39 is 0 Å². The molecule has 1 aliphatic rings. The zero-order valence-electron chi connectivity index (χ0n) is 20.7. The van der Waals surface area contributed by atoms with Gasteiger partial charge in [-0.25, -0.2) is 14.6 Å². The fourth-order valence-electron chi connectivity index (χ4n) is 4.47. The van der Waals surface area contributed by atoms with Crippen LogP contribution in [-0.4, -0.2) is 74.3 Å². The van der Waals surface area contributed by atoms with E-state index in [0.29, 0.717) is 5.82 Å². The second-order valence-electron chi connectivity index (χ2n) is 9.16. The number of benzene rings is 1. The number of amides is 1. The number of nitrogen functional groups attached to an aromatic ring is 1. The summed E-state index contributed by atoms with van der Waals surface area (Å²) in [4.78, 5) is 24.7. The van der Waals surface area contributed by atoms with E-state index in [-0.39, 0.29) is 12.0 Å². The Hall–Kier alpha value is -3.46. The number of anilines is 1. The molecule has 9 nitrogen and oxygen atoms in total. The third-order valence-corrected chi connectivity index (χ3v) is 6.24. The average molecular weight is 478 g/mol. The van der Waals surface area contributed by atoms with Crippen molar-refractivity contribution in [2.75, 3.05) is 38.5 Å². The fraction of sp³-hybridized carbons (Fsp3) is 0.462. The molecule has 2 aromatic heterocycles. The van der Waals surface area contributed by atoms with Gasteiger partial charge in [0.1, 0.15) is 23.6 Å². The van der Waals surface area contributed by atoms with Crippen LogP contribution in [0.3, 0.4) is 0 Å². The Balaban J connectivity index is 1.37. The lowest BCUT2D eigenvalue weighted by molar-refractivity contribution is -0.127. The van der Waals surface area contributed by atoms with Crippen LogP contribution >= 0.6 is 0 Å². The highest BCUT2D eigenvalue weighted by molar-refractivity contribution is 5.98. The summed E-state index contributed by atoms with van der Waals surface area (Å²) in [5.41, 5.74) is 8.72. The second kappa shape index (κ2) is 11.3. The topological polar surface area (TPSA) is 102 Å². The number of nitrogens with zero attached hydrogens (tertiary/aromatic N) is 6. The number of carbonyl (C=O) groups excluding carboxylic acids is 1. The minimum atomic E-state index is 0.0269. The fourth-order valence-corrected chi connectivity index (χ4v) is 4.47. The minimum Gasteiger partial charge on any atom is -0.491 e. The Labute approximate surface area is 206 Å². The monoisotopic (exact) mass is 477 g/mol. The van der Waals surface area contributed by atoms with Crippen molar-refractivity contribution in [2.24, 2.45) is 0 Å². The molecule has 1 aromatic carbocycles. The van der Waals surface area contributed by atoms with Crippen molar-refractivity contribution < 1.29 is 9.53 Å². The van der Waals surface area contributed by atoms with Gasteiger partial charge in [0.2, 0.25) is 5.91 Å². The van der Waals surface area contributed by atoms with Gasteiger partial charge in [-0.1, -0.05) is 25.1 Å². The molecule has 0 aliphatic carbocycles. The molecule has 0 spiro atoms. The van der Waals surface area contributed by atoms with Gasteiger partial charge >= 0.3 is 0 Å². The molecule has 1 amide bonds. The molecule has 3 heterocycles. The molecule has 3 aromatic rings. The zero-order valence-corrected chi connectivity index (χ0v) is 20.7. The summed E-state index contributed by atoms with van der Waals surface area (Å²) in [6, 6.07) is 7.90. The van der Waals surface area contributed by atoms with Crippen LogP contribution in [0.5, 0.6) is 5.75 Å². The minimum absolute atomic E-state index is 0.0269. The van der Waals surface area contributed by atoms with Gasteiger partial charge in [0.05, 0.1) is 11.5 Å². The number of nitrogens with two attached hydrogens (primary N) is 1. The van der Waals surface area contributed by atoms with Gasteiger partial charge in [-0.05, 0) is 51.4 Å². The van der Waals surface area contributed by atoms with E-state index >= 15 is 0 Å². The van der Waals surface area contributed by atoms with E-state index in [1.165, 1.54) is 12.4 Å². The molecule has 35 heavy (non-hydrogen) atoms. The number of fused-ring (bicyclic) bond motifs is 1. The van der Waals surface area contributed by atoms with Gasteiger partial charge in [-0.15, -0.1) is 0 Å². The summed E-state index contributed by atoms with van der Waals surface area (Å²) in [7, 11) is 0. The number of hydrogen-bond donors (Lipinski definition) is 1. The van der Waals surface area contributed by atoms with Crippen molar-refractivity contribution in [1.29, 1.82) is 0 Å². The summed E-state index contributed by atoms with van der Waals surface area (Å²) in [5, 5.41) is 5.66. The first kappa shape index (κ1) is 24.7. The van der Waals surface area contributed by atoms with Gasteiger partial charge in [-0.3, -0.25) is 9.69 Å². The van der Waals surface area contributed by atoms with Crippen LogP contribution in [-0.2, 0) is 11.3 Å². The van der Waals surface area contributed by atoms with Crippen molar-refractivity contribution >= 4 is 22.8 Å². The third kappa shape index (κ3) is 5.97. The Morgan fingerprint density at radius 3 is 2.66 bits per heavy atom. The first-order chi connectivity index (χ1) is 17.0. The molecule has 0 radical (unpaired) electrons. The van der Waals surface area contributed by atoms with Crippen LogP contribution in [0.15, 0.2) is 43.2 Å². The van der Waals surface area contributed by atoms with E-state index in [0.717, 1.165) is 86.6 Å². The number of ether oxygens (including phenoxy) is 1. The summed E-state index contributed by atoms with van der Waals surface area (Å²) in [5.74, 6) is 1.25. The van der Waals surface area contributed by atoms with E-state index in [4.69, 9.17) is 15.6 Å². The Bertz CT molecular complexity index is 1170. The Morgan fingerprint density at radius 1 is 1.14 bits per heavy atom. The molecule has 0 unspecified atom stereocenters. The first-order valence-electron chi connectivity index (χ1n) is 12.3. The number of carbonyl (C=O) groups is 1. The van der Waals surface area contributed by atoms with Crippen molar-refractivity contribution in [2.45, 2.75) is 45.8 Å². The van der Waals surface area contributed by atoms with Crippen LogP contribution in [0.1, 0.15) is 33.1 Å². The third-order valence-electron chi connectivity index (χ3n) is 6.24. The van der Waals surface area contributed by atoms with Gasteiger partial charge in [0, 0.05) is 38.3 Å². The van der Waals surface area contributed by atoms with Crippen LogP contribution < -0.4 is 10.5 Å². The summed E-state index contributed by atoms with van der Waals surface area (Å²) < 4.78 is 7.81. The number of rotatable bonds is 10. The number of aryl methyl sites for hydroxylation is 1. The summed E-state index contributed by atoms with van der Waals surface area (Å²) in [6.45, 7) is 12.8. The molecule has 0 atom stereocenters. The normalized spacial score (nSPS) is 14.5. The molecular weight excluding hydrogens is 442 g/mol. The molecule has 1 saturated heterocycles. The number of aromatic nitrogens is 4. The molecule has 2 N–H and O–H groups in total. The lowest BCUT2D eigenvalue weighted by Crippen LogP contribution is -2.48. The Morgan fingerprint density at radius 2 is 1.91 bits per heavy atom. The molecule has 1 aliphatic heterocycles. The van der Waals surface area contributed by atoms with Crippen molar-refractivity contribution in [3.63, 3.8) is 0 Å². The van der Waals surface area contributed by atoms with E-state index in [2.05, 4.69) is 21.4 Å². The van der Waals surface area contributed by atoms with Crippen molar-refractivity contribution in [3.05, 3.63) is 43.2 Å². The van der Waals surface area contributed by atoms with Gasteiger partial charge < -0.3 is 15.4 Å². The number of hydrogen-bond acceptors (Lipinski definition) is 7. The van der Waals surface area contributed by atoms with Crippen molar-refractivity contribution in [3.8, 4) is 17.0 Å². The van der Waals surface area contributed by atoms with Gasteiger partial charge in [0.25, 0.3) is 0 Å². The highest BCUT2D eigenvalue weighted by Crippen LogP contribution is 2.32. The Kier molecular flexibility index (Phi) is 7.97. The SMILES string of the molecule is C=CC(=O)N1CCN(CCCCCn2nc(-c3cccc(OC(C)C)c3)c3c(N)ncnc32)CC1. The highest BCUT2D eigenvalue weighted by atomic mass is 16.5. The van der Waals surface area contributed by atoms with Crippen LogP contribution in [0.2, 0.25) is 0 Å². The number of unbranched alkanes of at least 4 members (excludes halogenated alkanes) is 2. The molecule has 1 fully saturated rings. The van der Waals surface area contributed by atoms with Crippen LogP contribution in [0.25, 0.3) is 22.3 Å². The van der Waals surface area contributed by atoms with Crippen molar-refractivity contribution in [1.82, 2.24) is 29.5 Å². The van der Waals surface area contributed by atoms with E-state index in [1.54, 1.807) is 0 Å². The molecule has 0 saturated carbocycles. The molecule has 186 valence electrons. The van der Waals surface area contributed by atoms with Crippen LogP contribution in [0, 0.1) is 0 Å². The summed E-state index contributed by atoms with van der Waals surface area (Å²) in [6.07, 6.45) is 6.16. The first-order valence-corrected chi connectivity index (χ1v) is 12.3. The van der Waals surface area contributed by atoms with E-state index in [9.17, 15) is 4.79 Å². The highest BCUT2D eigenvalue weighted by Gasteiger charge is 2.19. The average Bonchev–Trinajstić information content (AvgIpc) is 3.23. The maximum absolute atomic E-state index is 11.7. The maximum Gasteiger partial charge on any atom is 0.246 e. The molecule has 4 rings (SSSR count). The quantitative estimate of drug-likeness (QED) is 0.353. The lowest BCUT2D eigenvalue weighted by atomic mass is 10.1. The second-order valence-corrected chi connectivity index (χ2v) is 9.16. The molecule has 0 bridgehead atoms. The maximum atomic E-state index is 11.7. The van der Waals surface area contributed by atoms with Gasteiger partial charge in [-0.2, -0.15) is 5.10 Å². The lowest BCUT2D eigenvalue weighted by Gasteiger charge is -2.34. The summed E-state index contributed by atoms with van der Waals surface area (Å²) >= 11 is 0. The molecular formula is C26H35N7O2. The van der Waals surface area contributed by atoms with Gasteiger partial charge in [0.15, 0.2) is 5.65 Å². The predicted octanol–water partition coefficient (Wildman–Crippen LogP) is 3.36.